The van der Waals surface area contributed by atoms with Crippen LogP contribution in [0.4, 0.5) is 0 Å². The van der Waals surface area contributed by atoms with Gasteiger partial charge >= 0.3 is 0 Å². The molecule has 1 heterocycles. The Hall–Kier alpha value is 0.0800. The van der Waals surface area contributed by atoms with Gasteiger partial charge in [-0.1, -0.05) is 37.0 Å². The fraction of sp³-hybridized carbons (Fsp3) is 0.444. The molecule has 0 N–H and O–H groups in total. The third-order valence-electron chi connectivity index (χ3n) is 1.44. The summed E-state index contributed by atoms with van der Waals surface area (Å²) in [5, 5.41) is 1.78. The predicted octanol–water partition coefficient (Wildman–Crippen LogP) is 4.03. The SMILES string of the molecule is CC(C)SCc1nc(Cl)ccc1Cl. The molecule has 1 aromatic heterocycles. The zero-order chi connectivity index (χ0) is 9.84. The van der Waals surface area contributed by atoms with Gasteiger partial charge in [0.25, 0.3) is 0 Å². The van der Waals surface area contributed by atoms with Gasteiger partial charge in [-0.15, -0.1) is 0 Å². The molecule has 1 nitrogen and oxygen atoms in total. The Morgan fingerprint density at radius 1 is 1.38 bits per heavy atom. The minimum absolute atomic E-state index is 0.503. The van der Waals surface area contributed by atoms with E-state index in [2.05, 4.69) is 18.8 Å². The van der Waals surface area contributed by atoms with Gasteiger partial charge in [-0.05, 0) is 17.4 Å². The van der Waals surface area contributed by atoms with Crippen LogP contribution >= 0.6 is 35.0 Å². The average molecular weight is 236 g/mol. The third kappa shape index (κ3) is 3.75. The summed E-state index contributed by atoms with van der Waals surface area (Å²) in [6.07, 6.45) is 0. The van der Waals surface area contributed by atoms with Gasteiger partial charge in [0.15, 0.2) is 0 Å². The molecule has 0 atom stereocenters. The standard InChI is InChI=1S/C9H11Cl2NS/c1-6(2)13-5-8-7(10)3-4-9(11)12-8/h3-4,6H,5H2,1-2H3. The molecule has 0 saturated carbocycles. The van der Waals surface area contributed by atoms with Crippen LogP contribution in [0.1, 0.15) is 19.5 Å². The van der Waals surface area contributed by atoms with E-state index in [9.17, 15) is 0 Å². The molecule has 0 aliphatic carbocycles. The van der Waals surface area contributed by atoms with Crippen LogP contribution in [-0.4, -0.2) is 10.2 Å². The molecule has 1 rings (SSSR count). The third-order valence-corrected chi connectivity index (χ3v) is 3.10. The first kappa shape index (κ1) is 11.2. The molecule has 0 fully saturated rings. The number of hydrogen-bond donors (Lipinski definition) is 0. The van der Waals surface area contributed by atoms with E-state index >= 15 is 0 Å². The smallest absolute Gasteiger partial charge is 0.129 e. The summed E-state index contributed by atoms with van der Waals surface area (Å²) in [7, 11) is 0. The highest BCUT2D eigenvalue weighted by atomic mass is 35.5. The van der Waals surface area contributed by atoms with Crippen molar-refractivity contribution < 1.29 is 0 Å². The fourth-order valence-electron chi connectivity index (χ4n) is 0.805. The molecular formula is C9H11Cl2NS. The minimum Gasteiger partial charge on any atom is -0.239 e. The summed E-state index contributed by atoms with van der Waals surface area (Å²) in [6, 6.07) is 3.49. The second-order valence-electron chi connectivity index (χ2n) is 2.92. The van der Waals surface area contributed by atoms with Gasteiger partial charge in [-0.2, -0.15) is 11.8 Å². The molecule has 0 aliphatic heterocycles. The normalized spacial score (nSPS) is 10.8. The van der Waals surface area contributed by atoms with E-state index in [0.717, 1.165) is 11.4 Å². The molecule has 0 amide bonds. The maximum atomic E-state index is 5.95. The van der Waals surface area contributed by atoms with E-state index in [-0.39, 0.29) is 0 Å². The molecule has 0 saturated heterocycles. The molecule has 0 aromatic carbocycles. The molecule has 0 unspecified atom stereocenters. The van der Waals surface area contributed by atoms with E-state index in [0.29, 0.717) is 15.4 Å². The Kier molecular flexibility index (Phi) is 4.36. The Morgan fingerprint density at radius 3 is 2.69 bits per heavy atom. The highest BCUT2D eigenvalue weighted by molar-refractivity contribution is 7.99. The lowest BCUT2D eigenvalue weighted by atomic mass is 10.4. The summed E-state index contributed by atoms with van der Waals surface area (Å²) in [6.45, 7) is 4.28. The zero-order valence-corrected chi connectivity index (χ0v) is 9.88. The van der Waals surface area contributed by atoms with Gasteiger partial charge in [0.1, 0.15) is 5.15 Å². The summed E-state index contributed by atoms with van der Waals surface area (Å²) in [5.41, 5.74) is 0.868. The first-order chi connectivity index (χ1) is 6.09. The van der Waals surface area contributed by atoms with Gasteiger partial charge < -0.3 is 0 Å². The van der Waals surface area contributed by atoms with Crippen LogP contribution in [0, 0.1) is 0 Å². The summed E-state index contributed by atoms with van der Waals surface area (Å²) in [5.74, 6) is 0.817. The van der Waals surface area contributed by atoms with Crippen molar-refractivity contribution in [2.24, 2.45) is 0 Å². The lowest BCUT2D eigenvalue weighted by Gasteiger charge is -2.05. The number of rotatable bonds is 3. The molecule has 1 aromatic rings. The highest BCUT2D eigenvalue weighted by Gasteiger charge is 2.04. The predicted molar refractivity (Wildman–Crippen MR) is 60.7 cm³/mol. The highest BCUT2D eigenvalue weighted by Crippen LogP contribution is 2.23. The number of nitrogens with zero attached hydrogens (tertiary/aromatic N) is 1. The van der Waals surface area contributed by atoms with E-state index < -0.39 is 0 Å². The van der Waals surface area contributed by atoms with Crippen molar-refractivity contribution in [2.75, 3.05) is 0 Å². The van der Waals surface area contributed by atoms with Crippen LogP contribution in [0.5, 0.6) is 0 Å². The quantitative estimate of drug-likeness (QED) is 0.735. The zero-order valence-electron chi connectivity index (χ0n) is 7.55. The maximum Gasteiger partial charge on any atom is 0.129 e. The topological polar surface area (TPSA) is 12.9 Å². The van der Waals surface area contributed by atoms with Crippen LogP contribution in [0.2, 0.25) is 10.2 Å². The summed E-state index contributed by atoms with van der Waals surface area (Å²) in [4.78, 5) is 4.16. The van der Waals surface area contributed by atoms with Gasteiger partial charge in [-0.25, -0.2) is 4.98 Å². The molecule has 0 bridgehead atoms. The molecule has 13 heavy (non-hydrogen) atoms. The van der Waals surface area contributed by atoms with E-state index in [4.69, 9.17) is 23.2 Å². The fourth-order valence-corrected chi connectivity index (χ4v) is 1.93. The van der Waals surface area contributed by atoms with Crippen molar-refractivity contribution in [1.82, 2.24) is 4.98 Å². The first-order valence-electron chi connectivity index (χ1n) is 4.02. The Bertz CT molecular complexity index is 289. The van der Waals surface area contributed by atoms with Crippen molar-refractivity contribution in [3.63, 3.8) is 0 Å². The molecular weight excluding hydrogens is 225 g/mol. The number of halogens is 2. The lowest BCUT2D eigenvalue weighted by Crippen LogP contribution is -1.93. The monoisotopic (exact) mass is 235 g/mol. The Balaban J connectivity index is 2.70. The van der Waals surface area contributed by atoms with Crippen LogP contribution in [0.3, 0.4) is 0 Å². The summed E-state index contributed by atoms with van der Waals surface area (Å²) >= 11 is 13.5. The number of hydrogen-bond acceptors (Lipinski definition) is 2. The summed E-state index contributed by atoms with van der Waals surface area (Å²) < 4.78 is 0. The largest absolute Gasteiger partial charge is 0.239 e. The molecule has 4 heteroatoms. The van der Waals surface area contributed by atoms with Crippen molar-refractivity contribution in [1.29, 1.82) is 0 Å². The van der Waals surface area contributed by atoms with E-state index in [1.807, 2.05) is 0 Å². The van der Waals surface area contributed by atoms with Gasteiger partial charge in [-0.3, -0.25) is 0 Å². The van der Waals surface area contributed by atoms with E-state index in [1.165, 1.54) is 0 Å². The lowest BCUT2D eigenvalue weighted by molar-refractivity contribution is 1.09. The van der Waals surface area contributed by atoms with Crippen LogP contribution in [0.15, 0.2) is 12.1 Å². The maximum absolute atomic E-state index is 5.95. The second kappa shape index (κ2) is 5.08. The van der Waals surface area contributed by atoms with Gasteiger partial charge in [0.2, 0.25) is 0 Å². The minimum atomic E-state index is 0.503. The number of thioether (sulfide) groups is 1. The second-order valence-corrected chi connectivity index (χ2v) is 5.28. The Morgan fingerprint density at radius 2 is 2.08 bits per heavy atom. The van der Waals surface area contributed by atoms with Crippen LogP contribution in [0.25, 0.3) is 0 Å². The van der Waals surface area contributed by atoms with Crippen molar-refractivity contribution >= 4 is 35.0 Å². The Labute approximate surface area is 92.8 Å². The van der Waals surface area contributed by atoms with Gasteiger partial charge in [0.05, 0.1) is 10.7 Å². The van der Waals surface area contributed by atoms with E-state index in [1.54, 1.807) is 23.9 Å². The van der Waals surface area contributed by atoms with Crippen LogP contribution < -0.4 is 0 Å². The van der Waals surface area contributed by atoms with Crippen molar-refractivity contribution in [3.05, 3.63) is 28.0 Å². The van der Waals surface area contributed by atoms with Gasteiger partial charge in [0, 0.05) is 5.75 Å². The first-order valence-corrected chi connectivity index (χ1v) is 5.82. The van der Waals surface area contributed by atoms with Crippen molar-refractivity contribution in [2.45, 2.75) is 24.9 Å². The molecule has 0 radical (unpaired) electrons. The number of pyridine rings is 1. The molecule has 72 valence electrons. The molecule has 0 aliphatic rings. The number of aromatic nitrogens is 1. The van der Waals surface area contributed by atoms with Crippen molar-refractivity contribution in [3.8, 4) is 0 Å². The average Bonchev–Trinajstić information content (AvgIpc) is 2.06. The molecule has 0 spiro atoms. The van der Waals surface area contributed by atoms with Crippen LogP contribution in [-0.2, 0) is 5.75 Å².